The lowest BCUT2D eigenvalue weighted by atomic mass is 10.1. The Morgan fingerprint density at radius 3 is 2.54 bits per heavy atom. The summed E-state index contributed by atoms with van der Waals surface area (Å²) in [5.74, 6) is 0.339. The number of benzene rings is 1. The summed E-state index contributed by atoms with van der Waals surface area (Å²) >= 11 is 1.58. The molecule has 0 aliphatic carbocycles. The van der Waals surface area contributed by atoms with E-state index in [-0.39, 0.29) is 5.69 Å². The number of unbranched alkanes of at least 4 members (excludes halogenated alkanes) is 2. The van der Waals surface area contributed by atoms with Crippen molar-refractivity contribution in [3.63, 3.8) is 0 Å². The van der Waals surface area contributed by atoms with E-state index in [1.54, 1.807) is 11.8 Å². The molecule has 0 aliphatic rings. The number of thioether (sulfide) groups is 1. The highest BCUT2D eigenvalue weighted by Crippen LogP contribution is 2.37. The van der Waals surface area contributed by atoms with Crippen LogP contribution in [0.5, 0.6) is 0 Å². The first kappa shape index (κ1) is 20.6. The van der Waals surface area contributed by atoms with Crippen molar-refractivity contribution >= 4 is 23.1 Å². The highest BCUT2D eigenvalue weighted by Gasteiger charge is 2.35. The third kappa shape index (κ3) is 6.59. The van der Waals surface area contributed by atoms with Crippen LogP contribution in [0.1, 0.15) is 51.5 Å². The number of alkyl halides is 3. The molecule has 0 radical (unpaired) electrons. The lowest BCUT2D eigenvalue weighted by Gasteiger charge is -2.17. The zero-order valence-corrected chi connectivity index (χ0v) is 14.7. The number of nitrogens with one attached hydrogen (secondary N) is 1. The Labute approximate surface area is 144 Å². The van der Waals surface area contributed by atoms with Gasteiger partial charge in [0.2, 0.25) is 0 Å². The van der Waals surface area contributed by atoms with Crippen LogP contribution in [0.4, 0.5) is 24.5 Å². The van der Waals surface area contributed by atoms with Gasteiger partial charge >= 0.3 is 6.18 Å². The maximum atomic E-state index is 13.1. The Morgan fingerprint density at radius 1 is 1.29 bits per heavy atom. The first-order valence-electron chi connectivity index (χ1n) is 8.00. The van der Waals surface area contributed by atoms with E-state index in [2.05, 4.69) is 19.2 Å². The molecule has 0 fully saturated rings. The number of hydrogen-bond acceptors (Lipinski definition) is 4. The summed E-state index contributed by atoms with van der Waals surface area (Å²) < 4.78 is 39.2. The van der Waals surface area contributed by atoms with Crippen LogP contribution in [0.25, 0.3) is 0 Å². The van der Waals surface area contributed by atoms with Gasteiger partial charge in [0.05, 0.1) is 16.4 Å². The Hall–Kier alpha value is -1.44. The van der Waals surface area contributed by atoms with Crippen molar-refractivity contribution in [1.82, 2.24) is 0 Å². The number of non-ortho nitro benzene ring substituents is 1. The molecule has 4 nitrogen and oxygen atoms in total. The lowest BCUT2D eigenvalue weighted by Crippen LogP contribution is -2.13. The fourth-order valence-electron chi connectivity index (χ4n) is 2.30. The van der Waals surface area contributed by atoms with Gasteiger partial charge in [-0.2, -0.15) is 13.2 Å². The summed E-state index contributed by atoms with van der Waals surface area (Å²) in [6, 6.07) is 2.78. The molecule has 0 heterocycles. The van der Waals surface area contributed by atoms with Gasteiger partial charge in [0.15, 0.2) is 0 Å². The molecule has 136 valence electrons. The second-order valence-electron chi connectivity index (χ2n) is 5.50. The van der Waals surface area contributed by atoms with Crippen LogP contribution in [-0.2, 0) is 6.18 Å². The van der Waals surface area contributed by atoms with Gasteiger partial charge in [-0.25, -0.2) is 0 Å². The maximum Gasteiger partial charge on any atom is 0.418 e. The number of nitrogens with zero attached hydrogens (tertiary/aromatic N) is 1. The summed E-state index contributed by atoms with van der Waals surface area (Å²) in [6.07, 6.45) is 0.783. The number of nitro benzene ring substituents is 1. The first-order chi connectivity index (χ1) is 11.3. The molecule has 0 unspecified atom stereocenters. The van der Waals surface area contributed by atoms with Gasteiger partial charge in [0.25, 0.3) is 5.69 Å². The monoisotopic (exact) mass is 364 g/mol. The highest BCUT2D eigenvalue weighted by atomic mass is 32.2. The smallest absolute Gasteiger partial charge is 0.376 e. The number of anilines is 1. The topological polar surface area (TPSA) is 55.2 Å². The van der Waals surface area contributed by atoms with Crippen LogP contribution in [0.3, 0.4) is 0 Å². The van der Waals surface area contributed by atoms with Crippen molar-refractivity contribution in [2.75, 3.05) is 11.2 Å². The lowest BCUT2D eigenvalue weighted by molar-refractivity contribution is -0.385. The van der Waals surface area contributed by atoms with Crippen LogP contribution >= 0.6 is 11.8 Å². The number of hydrogen-bond donors (Lipinski definition) is 1. The van der Waals surface area contributed by atoms with Crippen molar-refractivity contribution in [1.29, 1.82) is 0 Å². The minimum atomic E-state index is -4.63. The summed E-state index contributed by atoms with van der Waals surface area (Å²) in [5, 5.41) is 13.8. The van der Waals surface area contributed by atoms with Gasteiger partial charge in [0.1, 0.15) is 0 Å². The predicted octanol–water partition coefficient (Wildman–Crippen LogP) is 6.08. The predicted molar refractivity (Wildman–Crippen MR) is 92.4 cm³/mol. The molecule has 0 aliphatic heterocycles. The average molecular weight is 364 g/mol. The van der Waals surface area contributed by atoms with E-state index in [4.69, 9.17) is 0 Å². The van der Waals surface area contributed by atoms with Crippen LogP contribution in [0, 0.1) is 10.1 Å². The number of halogens is 3. The van der Waals surface area contributed by atoms with E-state index in [1.165, 1.54) is 0 Å². The van der Waals surface area contributed by atoms with Crippen LogP contribution in [0.15, 0.2) is 18.2 Å². The van der Waals surface area contributed by atoms with Crippen molar-refractivity contribution in [2.24, 2.45) is 0 Å². The van der Waals surface area contributed by atoms with E-state index in [9.17, 15) is 23.3 Å². The van der Waals surface area contributed by atoms with E-state index in [0.29, 0.717) is 17.2 Å². The van der Waals surface area contributed by atoms with Gasteiger partial charge in [-0.15, -0.1) is 11.8 Å². The quantitative estimate of drug-likeness (QED) is 0.237. The van der Waals surface area contributed by atoms with E-state index >= 15 is 0 Å². The van der Waals surface area contributed by atoms with Crippen LogP contribution < -0.4 is 5.32 Å². The molecule has 1 N–H and O–H groups in total. The van der Waals surface area contributed by atoms with Gasteiger partial charge in [-0.1, -0.05) is 33.1 Å². The molecule has 0 spiro atoms. The summed E-state index contributed by atoms with van der Waals surface area (Å²) in [5.41, 5.74) is -1.69. The molecule has 8 heteroatoms. The molecule has 1 aromatic carbocycles. The van der Waals surface area contributed by atoms with Crippen molar-refractivity contribution in [3.05, 3.63) is 33.9 Å². The fourth-order valence-corrected chi connectivity index (χ4v) is 3.34. The molecule has 1 atom stereocenters. The van der Waals surface area contributed by atoms with Crippen molar-refractivity contribution in [3.8, 4) is 0 Å². The number of nitro groups is 1. The zero-order valence-electron chi connectivity index (χ0n) is 13.9. The molecular weight excluding hydrogens is 341 g/mol. The van der Waals surface area contributed by atoms with E-state index in [1.807, 2.05) is 0 Å². The largest absolute Gasteiger partial charge is 0.418 e. The van der Waals surface area contributed by atoms with E-state index in [0.717, 1.165) is 44.2 Å². The molecule has 0 saturated carbocycles. The fraction of sp³-hybridized carbons (Fsp3) is 0.625. The van der Waals surface area contributed by atoms with Gasteiger partial charge in [-0.05, 0) is 18.9 Å². The summed E-state index contributed by atoms with van der Waals surface area (Å²) in [7, 11) is 0. The van der Waals surface area contributed by atoms with Crippen molar-refractivity contribution < 1.29 is 18.1 Å². The Balaban J connectivity index is 2.71. The Morgan fingerprint density at radius 2 is 2.00 bits per heavy atom. The SMILES string of the molecule is CCCCC[C@H](CC)SCNc1ccc([N+](=O)[O-])cc1C(F)(F)F. The Kier molecular flexibility index (Phi) is 8.38. The molecule has 0 aromatic heterocycles. The second kappa shape index (κ2) is 9.76. The number of rotatable bonds is 10. The summed E-state index contributed by atoms with van der Waals surface area (Å²) in [6.45, 7) is 4.19. The second-order valence-corrected chi connectivity index (χ2v) is 6.79. The minimum Gasteiger partial charge on any atom is -0.376 e. The van der Waals surface area contributed by atoms with Crippen LogP contribution in [0.2, 0.25) is 0 Å². The zero-order chi connectivity index (χ0) is 18.2. The third-order valence-electron chi connectivity index (χ3n) is 3.69. The molecular formula is C16H23F3N2O2S. The highest BCUT2D eigenvalue weighted by molar-refractivity contribution is 7.99. The first-order valence-corrected chi connectivity index (χ1v) is 9.05. The van der Waals surface area contributed by atoms with Crippen molar-refractivity contribution in [2.45, 2.75) is 57.4 Å². The molecule has 24 heavy (non-hydrogen) atoms. The molecule has 1 aromatic rings. The average Bonchev–Trinajstić information content (AvgIpc) is 2.52. The standard InChI is InChI=1S/C16H23F3N2O2S/c1-3-5-6-7-13(4-2)24-11-20-15-9-8-12(21(22)23)10-14(15)16(17,18)19/h8-10,13,20H,3-7,11H2,1-2H3/t13-/m0/s1. The molecule has 0 saturated heterocycles. The van der Waals surface area contributed by atoms with E-state index < -0.39 is 22.4 Å². The van der Waals surface area contributed by atoms with Crippen LogP contribution in [-0.4, -0.2) is 16.1 Å². The van der Waals surface area contributed by atoms with Gasteiger partial charge in [0, 0.05) is 23.1 Å². The third-order valence-corrected chi connectivity index (χ3v) is 5.04. The van der Waals surface area contributed by atoms with Gasteiger partial charge < -0.3 is 5.32 Å². The Bertz CT molecular complexity index is 539. The molecule has 0 bridgehead atoms. The maximum absolute atomic E-state index is 13.1. The normalized spacial score (nSPS) is 12.9. The molecule has 0 amide bonds. The minimum absolute atomic E-state index is 0.121. The molecule has 1 rings (SSSR count). The van der Waals surface area contributed by atoms with Gasteiger partial charge in [-0.3, -0.25) is 10.1 Å². The summed E-state index contributed by atoms with van der Waals surface area (Å²) in [4.78, 5) is 9.85.